The molecule has 5 nitrogen and oxygen atoms in total. The van der Waals surface area contributed by atoms with Crippen LogP contribution in [0.3, 0.4) is 0 Å². The molecule has 0 radical (unpaired) electrons. The van der Waals surface area contributed by atoms with E-state index in [2.05, 4.69) is 4.98 Å². The fraction of sp³-hybridized carbons (Fsp3) is 0.160. The molecule has 0 spiro atoms. The van der Waals surface area contributed by atoms with Crippen LogP contribution in [0.5, 0.6) is 0 Å². The Labute approximate surface area is 175 Å². The molecule has 4 rings (SSSR count). The lowest BCUT2D eigenvalue weighted by molar-refractivity contribution is -0.132. The number of nitrogens with zero attached hydrogens (tertiary/aromatic N) is 2. The van der Waals surface area contributed by atoms with Crippen LogP contribution in [0.2, 0.25) is 0 Å². The zero-order valence-electron chi connectivity index (χ0n) is 17.1. The molecule has 1 aliphatic heterocycles. The monoisotopic (exact) mass is 398 g/mol. The number of ketones is 1. The van der Waals surface area contributed by atoms with Gasteiger partial charge in [-0.1, -0.05) is 53.6 Å². The zero-order valence-corrected chi connectivity index (χ0v) is 17.1. The molecule has 1 aliphatic rings. The maximum Gasteiger partial charge on any atom is 0.300 e. The molecule has 2 heterocycles. The Balaban J connectivity index is 1.96. The maximum absolute atomic E-state index is 13.1. The number of aromatic nitrogens is 1. The SMILES string of the molecule is Cc1ccc(/C(O)=C2\C(=O)C(=O)N(c3ccc(C)cc3C)C2c2cccnc2)cc1. The van der Waals surface area contributed by atoms with E-state index in [1.807, 2.05) is 57.2 Å². The van der Waals surface area contributed by atoms with Gasteiger partial charge in [-0.25, -0.2) is 0 Å². The van der Waals surface area contributed by atoms with Crippen molar-refractivity contribution in [2.75, 3.05) is 4.90 Å². The first-order chi connectivity index (χ1) is 14.4. The summed E-state index contributed by atoms with van der Waals surface area (Å²) in [6, 6.07) is 15.7. The van der Waals surface area contributed by atoms with Crippen LogP contribution in [-0.4, -0.2) is 21.8 Å². The van der Waals surface area contributed by atoms with Gasteiger partial charge >= 0.3 is 0 Å². The average molecular weight is 398 g/mol. The first-order valence-corrected chi connectivity index (χ1v) is 9.73. The number of rotatable bonds is 3. The third-order valence-corrected chi connectivity index (χ3v) is 5.38. The van der Waals surface area contributed by atoms with E-state index in [0.29, 0.717) is 16.8 Å². The molecule has 1 fully saturated rings. The minimum absolute atomic E-state index is 0.0665. The molecule has 1 atom stereocenters. The third kappa shape index (κ3) is 3.28. The molecule has 1 saturated heterocycles. The lowest BCUT2D eigenvalue weighted by atomic mass is 9.95. The van der Waals surface area contributed by atoms with Gasteiger partial charge in [0.2, 0.25) is 0 Å². The Bertz CT molecular complexity index is 1160. The molecular formula is C25H22N2O3. The van der Waals surface area contributed by atoms with Crippen molar-refractivity contribution < 1.29 is 14.7 Å². The van der Waals surface area contributed by atoms with E-state index in [-0.39, 0.29) is 11.3 Å². The predicted octanol–water partition coefficient (Wildman–Crippen LogP) is 4.63. The van der Waals surface area contributed by atoms with Crippen molar-refractivity contribution in [1.82, 2.24) is 4.98 Å². The number of anilines is 1. The zero-order chi connectivity index (χ0) is 21.4. The van der Waals surface area contributed by atoms with Gasteiger partial charge in [-0.3, -0.25) is 19.5 Å². The molecule has 30 heavy (non-hydrogen) atoms. The number of aryl methyl sites for hydroxylation is 3. The molecule has 2 aromatic carbocycles. The summed E-state index contributed by atoms with van der Waals surface area (Å²) in [7, 11) is 0. The van der Waals surface area contributed by atoms with Gasteiger partial charge in [0.1, 0.15) is 5.76 Å². The van der Waals surface area contributed by atoms with Gasteiger partial charge in [0.15, 0.2) is 0 Å². The van der Waals surface area contributed by atoms with Crippen LogP contribution in [0.15, 0.2) is 72.6 Å². The fourth-order valence-corrected chi connectivity index (χ4v) is 3.88. The normalized spacial score (nSPS) is 18.1. The van der Waals surface area contributed by atoms with Gasteiger partial charge < -0.3 is 5.11 Å². The summed E-state index contributed by atoms with van der Waals surface area (Å²) in [5, 5.41) is 11.1. The molecule has 1 unspecified atom stereocenters. The largest absolute Gasteiger partial charge is 0.507 e. The van der Waals surface area contributed by atoms with Gasteiger partial charge in [0.05, 0.1) is 11.6 Å². The lowest BCUT2D eigenvalue weighted by Crippen LogP contribution is -2.30. The van der Waals surface area contributed by atoms with Crippen molar-refractivity contribution in [3.8, 4) is 0 Å². The van der Waals surface area contributed by atoms with Crippen molar-refractivity contribution in [2.45, 2.75) is 26.8 Å². The summed E-state index contributed by atoms with van der Waals surface area (Å²) in [4.78, 5) is 31.9. The van der Waals surface area contributed by atoms with Crippen LogP contribution in [0.4, 0.5) is 5.69 Å². The summed E-state index contributed by atoms with van der Waals surface area (Å²) in [6.45, 7) is 5.82. The summed E-state index contributed by atoms with van der Waals surface area (Å²) in [6.07, 6.45) is 3.25. The van der Waals surface area contributed by atoms with E-state index < -0.39 is 17.7 Å². The number of carbonyl (C=O) groups excluding carboxylic acids is 2. The number of pyridine rings is 1. The Hall–Kier alpha value is -3.73. The number of hydrogen-bond acceptors (Lipinski definition) is 4. The highest BCUT2D eigenvalue weighted by Gasteiger charge is 2.47. The van der Waals surface area contributed by atoms with E-state index in [1.54, 1.807) is 30.6 Å². The molecular weight excluding hydrogens is 376 g/mol. The van der Waals surface area contributed by atoms with Gasteiger partial charge in [-0.15, -0.1) is 0 Å². The quantitative estimate of drug-likeness (QED) is 0.397. The summed E-state index contributed by atoms with van der Waals surface area (Å²) in [5.74, 6) is -1.55. The molecule has 1 amide bonds. The average Bonchev–Trinajstić information content (AvgIpc) is 3.00. The van der Waals surface area contributed by atoms with E-state index in [4.69, 9.17) is 0 Å². The Morgan fingerprint density at radius 3 is 2.30 bits per heavy atom. The second-order valence-electron chi connectivity index (χ2n) is 7.61. The van der Waals surface area contributed by atoms with Crippen LogP contribution < -0.4 is 4.90 Å². The molecule has 5 heteroatoms. The van der Waals surface area contributed by atoms with E-state index in [9.17, 15) is 14.7 Å². The van der Waals surface area contributed by atoms with E-state index in [0.717, 1.165) is 16.7 Å². The minimum Gasteiger partial charge on any atom is -0.507 e. The second kappa shape index (κ2) is 7.59. The van der Waals surface area contributed by atoms with Crippen LogP contribution in [0, 0.1) is 20.8 Å². The number of Topliss-reactive ketones (excluding diaryl/α,β-unsaturated/α-hetero) is 1. The van der Waals surface area contributed by atoms with Crippen molar-refractivity contribution >= 4 is 23.1 Å². The van der Waals surface area contributed by atoms with Gasteiger partial charge in [0, 0.05) is 23.6 Å². The first kappa shape index (κ1) is 19.6. The van der Waals surface area contributed by atoms with Crippen molar-refractivity contribution in [3.63, 3.8) is 0 Å². The van der Waals surface area contributed by atoms with Gasteiger partial charge in [-0.2, -0.15) is 0 Å². The van der Waals surface area contributed by atoms with Crippen LogP contribution >= 0.6 is 0 Å². The highest BCUT2D eigenvalue weighted by atomic mass is 16.3. The molecule has 0 bridgehead atoms. The number of hydrogen-bond donors (Lipinski definition) is 1. The number of amides is 1. The Morgan fingerprint density at radius 1 is 0.967 bits per heavy atom. The fourth-order valence-electron chi connectivity index (χ4n) is 3.88. The smallest absolute Gasteiger partial charge is 0.300 e. The predicted molar refractivity (Wildman–Crippen MR) is 116 cm³/mol. The highest BCUT2D eigenvalue weighted by Crippen LogP contribution is 2.42. The molecule has 0 saturated carbocycles. The topological polar surface area (TPSA) is 70.5 Å². The Morgan fingerprint density at radius 2 is 1.67 bits per heavy atom. The standard InChI is InChI=1S/C25H22N2O3/c1-15-6-9-18(10-7-15)23(28)21-22(19-5-4-12-26-14-19)27(25(30)24(21)29)20-11-8-16(2)13-17(20)3/h4-14,22,28H,1-3H3/b23-21+. The minimum atomic E-state index is -0.763. The molecule has 1 aromatic heterocycles. The molecule has 150 valence electrons. The molecule has 1 N–H and O–H groups in total. The second-order valence-corrected chi connectivity index (χ2v) is 7.61. The van der Waals surface area contributed by atoms with Crippen LogP contribution in [-0.2, 0) is 9.59 Å². The molecule has 3 aromatic rings. The first-order valence-electron chi connectivity index (χ1n) is 9.73. The van der Waals surface area contributed by atoms with Crippen molar-refractivity contribution in [1.29, 1.82) is 0 Å². The number of benzene rings is 2. The van der Waals surface area contributed by atoms with Crippen molar-refractivity contribution in [2.24, 2.45) is 0 Å². The van der Waals surface area contributed by atoms with Crippen LogP contribution in [0.25, 0.3) is 5.76 Å². The van der Waals surface area contributed by atoms with Crippen molar-refractivity contribution in [3.05, 3.63) is 100 Å². The van der Waals surface area contributed by atoms with Gasteiger partial charge in [-0.05, 0) is 44.0 Å². The summed E-state index contributed by atoms with van der Waals surface area (Å²) >= 11 is 0. The highest BCUT2D eigenvalue weighted by molar-refractivity contribution is 6.51. The summed E-state index contributed by atoms with van der Waals surface area (Å²) < 4.78 is 0. The van der Waals surface area contributed by atoms with Gasteiger partial charge in [0.25, 0.3) is 11.7 Å². The summed E-state index contributed by atoms with van der Waals surface area (Å²) in [5.41, 5.74) is 4.83. The molecule has 0 aliphatic carbocycles. The third-order valence-electron chi connectivity index (χ3n) is 5.38. The number of aliphatic hydroxyl groups is 1. The van der Waals surface area contributed by atoms with Crippen LogP contribution in [0.1, 0.15) is 33.9 Å². The lowest BCUT2D eigenvalue weighted by Gasteiger charge is -2.26. The number of aliphatic hydroxyl groups excluding tert-OH is 1. The maximum atomic E-state index is 13.1. The number of carbonyl (C=O) groups is 2. The van der Waals surface area contributed by atoms with E-state index in [1.165, 1.54) is 4.90 Å². The Kier molecular flexibility index (Phi) is 4.96. The van der Waals surface area contributed by atoms with E-state index >= 15 is 0 Å².